The molecular weight excluding hydrogens is 370 g/mol. The van der Waals surface area contributed by atoms with Crippen LogP contribution in [0.25, 0.3) is 0 Å². The Balaban J connectivity index is 1.58. The lowest BCUT2D eigenvalue weighted by molar-refractivity contribution is 0.102. The van der Waals surface area contributed by atoms with E-state index in [-0.39, 0.29) is 23.2 Å². The summed E-state index contributed by atoms with van der Waals surface area (Å²) < 4.78 is 25.0. The Morgan fingerprint density at radius 3 is 2.62 bits per heavy atom. The molecule has 0 aliphatic carbocycles. The Hall–Kier alpha value is -1.67. The van der Waals surface area contributed by atoms with E-state index in [2.05, 4.69) is 17.1 Å². The molecule has 3 rings (SSSR count). The van der Waals surface area contributed by atoms with Crippen LogP contribution in [0.5, 0.6) is 0 Å². The second-order valence-electron chi connectivity index (χ2n) is 6.69. The zero-order valence-electron chi connectivity index (χ0n) is 15.0. The second kappa shape index (κ2) is 7.92. The summed E-state index contributed by atoms with van der Waals surface area (Å²) in [6.45, 7) is 2.08. The zero-order chi connectivity index (χ0) is 18.7. The lowest BCUT2D eigenvalue weighted by atomic mass is 10.1. The summed E-state index contributed by atoms with van der Waals surface area (Å²) >= 11 is 1.36. The minimum absolute atomic E-state index is 0.0593. The number of thioether (sulfide) groups is 1. The fourth-order valence-electron chi connectivity index (χ4n) is 3.08. The van der Waals surface area contributed by atoms with Gasteiger partial charge in [0.1, 0.15) is 5.82 Å². The van der Waals surface area contributed by atoms with Gasteiger partial charge in [0.2, 0.25) is 0 Å². The summed E-state index contributed by atoms with van der Waals surface area (Å²) in [5.41, 5.74) is 1.91. The van der Waals surface area contributed by atoms with Crippen molar-refractivity contribution in [3.8, 4) is 0 Å². The molecule has 8 heteroatoms. The predicted octanol–water partition coefficient (Wildman–Crippen LogP) is 2.33. The molecule has 1 atom stereocenters. The molecule has 1 aliphatic heterocycles. The monoisotopic (exact) mass is 393 g/mol. The third kappa shape index (κ3) is 4.54. The van der Waals surface area contributed by atoms with Gasteiger partial charge >= 0.3 is 0 Å². The Labute approximate surface area is 158 Å². The summed E-state index contributed by atoms with van der Waals surface area (Å²) in [6.07, 6.45) is 2.24. The standard InChI is InChI=1S/C18H23N3O3S2/c1-3-13-4-6-15(7-5-13)16(22)11-25-18-20-19-17(21(18)2)10-14-8-9-26(23,24)12-14/h4-7,14H,3,8-12H2,1-2H3. The van der Waals surface area contributed by atoms with E-state index in [1.807, 2.05) is 35.9 Å². The maximum atomic E-state index is 12.3. The van der Waals surface area contributed by atoms with Crippen molar-refractivity contribution in [2.24, 2.45) is 13.0 Å². The van der Waals surface area contributed by atoms with E-state index < -0.39 is 9.84 Å². The minimum Gasteiger partial charge on any atom is -0.309 e. The largest absolute Gasteiger partial charge is 0.309 e. The highest BCUT2D eigenvalue weighted by atomic mass is 32.2. The van der Waals surface area contributed by atoms with Gasteiger partial charge in [0.05, 0.1) is 17.3 Å². The first-order chi connectivity index (χ1) is 12.4. The second-order valence-corrected chi connectivity index (χ2v) is 9.86. The molecule has 1 unspecified atom stereocenters. The van der Waals surface area contributed by atoms with Crippen molar-refractivity contribution in [3.05, 3.63) is 41.2 Å². The summed E-state index contributed by atoms with van der Waals surface area (Å²) in [6, 6.07) is 7.69. The third-order valence-electron chi connectivity index (χ3n) is 4.74. The highest BCUT2D eigenvalue weighted by molar-refractivity contribution is 7.99. The topological polar surface area (TPSA) is 81.9 Å². The lowest BCUT2D eigenvalue weighted by Crippen LogP contribution is -2.11. The van der Waals surface area contributed by atoms with Crippen LogP contribution in [0.4, 0.5) is 0 Å². The van der Waals surface area contributed by atoms with Crippen LogP contribution in [-0.4, -0.2) is 46.2 Å². The molecule has 6 nitrogen and oxygen atoms in total. The number of benzene rings is 1. The number of hydrogen-bond donors (Lipinski definition) is 0. The lowest BCUT2D eigenvalue weighted by Gasteiger charge is -2.07. The van der Waals surface area contributed by atoms with Gasteiger partial charge in [-0.3, -0.25) is 4.79 Å². The van der Waals surface area contributed by atoms with Crippen LogP contribution in [0.3, 0.4) is 0 Å². The number of aryl methyl sites for hydroxylation is 1. The van der Waals surface area contributed by atoms with E-state index in [0.717, 1.165) is 12.2 Å². The van der Waals surface area contributed by atoms with Crippen molar-refractivity contribution in [2.75, 3.05) is 17.3 Å². The van der Waals surface area contributed by atoms with Crippen LogP contribution in [-0.2, 0) is 29.7 Å². The number of hydrogen-bond acceptors (Lipinski definition) is 6. The van der Waals surface area contributed by atoms with Crippen LogP contribution in [0.15, 0.2) is 29.4 Å². The summed E-state index contributed by atoms with van der Waals surface area (Å²) in [5.74, 6) is 1.74. The van der Waals surface area contributed by atoms with Gasteiger partial charge in [-0.15, -0.1) is 10.2 Å². The van der Waals surface area contributed by atoms with Gasteiger partial charge in [-0.2, -0.15) is 0 Å². The maximum absolute atomic E-state index is 12.3. The van der Waals surface area contributed by atoms with E-state index in [4.69, 9.17) is 0 Å². The zero-order valence-corrected chi connectivity index (χ0v) is 16.6. The quantitative estimate of drug-likeness (QED) is 0.530. The van der Waals surface area contributed by atoms with E-state index in [0.29, 0.717) is 29.3 Å². The molecule has 26 heavy (non-hydrogen) atoms. The van der Waals surface area contributed by atoms with Crippen LogP contribution in [0.2, 0.25) is 0 Å². The fraction of sp³-hybridized carbons (Fsp3) is 0.500. The first-order valence-electron chi connectivity index (χ1n) is 8.71. The summed E-state index contributed by atoms with van der Waals surface area (Å²) in [7, 11) is -1.02. The highest BCUT2D eigenvalue weighted by Gasteiger charge is 2.29. The molecule has 0 amide bonds. The molecule has 1 aromatic heterocycles. The molecular formula is C18H23N3O3S2. The number of aromatic nitrogens is 3. The van der Waals surface area contributed by atoms with Gasteiger partial charge in [0.25, 0.3) is 0 Å². The smallest absolute Gasteiger partial charge is 0.191 e. The first-order valence-corrected chi connectivity index (χ1v) is 11.5. The number of rotatable bonds is 7. The van der Waals surface area contributed by atoms with Gasteiger partial charge in [-0.25, -0.2) is 8.42 Å². The average molecular weight is 394 g/mol. The van der Waals surface area contributed by atoms with Crippen molar-refractivity contribution < 1.29 is 13.2 Å². The van der Waals surface area contributed by atoms with Gasteiger partial charge < -0.3 is 4.57 Å². The first kappa shape index (κ1) is 19.1. The minimum atomic E-state index is -2.89. The molecule has 2 aromatic rings. The Morgan fingerprint density at radius 1 is 1.27 bits per heavy atom. The van der Waals surface area contributed by atoms with Gasteiger partial charge in [0.15, 0.2) is 20.8 Å². The molecule has 2 heterocycles. The van der Waals surface area contributed by atoms with Crippen LogP contribution in [0.1, 0.15) is 35.1 Å². The van der Waals surface area contributed by atoms with Crippen LogP contribution < -0.4 is 0 Å². The molecule has 1 aliphatic rings. The maximum Gasteiger partial charge on any atom is 0.191 e. The molecule has 0 bridgehead atoms. The molecule has 0 radical (unpaired) electrons. The number of nitrogens with zero attached hydrogens (tertiary/aromatic N) is 3. The van der Waals surface area contributed by atoms with Crippen molar-refractivity contribution in [1.82, 2.24) is 14.8 Å². The van der Waals surface area contributed by atoms with E-state index >= 15 is 0 Å². The molecule has 1 saturated heterocycles. The van der Waals surface area contributed by atoms with Crippen molar-refractivity contribution in [2.45, 2.75) is 31.3 Å². The Bertz CT molecular complexity index is 889. The normalized spacial score (nSPS) is 18.9. The predicted molar refractivity (Wildman–Crippen MR) is 102 cm³/mol. The molecule has 1 fully saturated rings. The average Bonchev–Trinajstić information content (AvgIpc) is 3.15. The van der Waals surface area contributed by atoms with Crippen LogP contribution >= 0.6 is 11.8 Å². The van der Waals surface area contributed by atoms with E-state index in [9.17, 15) is 13.2 Å². The molecule has 140 valence electrons. The number of Topliss-reactive ketones (excluding diaryl/α,β-unsaturated/α-hetero) is 1. The Morgan fingerprint density at radius 2 is 2.00 bits per heavy atom. The Kier molecular flexibility index (Phi) is 5.82. The highest BCUT2D eigenvalue weighted by Crippen LogP contribution is 2.24. The van der Waals surface area contributed by atoms with Crippen molar-refractivity contribution in [1.29, 1.82) is 0 Å². The van der Waals surface area contributed by atoms with E-state index in [1.165, 1.54) is 17.3 Å². The molecule has 1 aromatic carbocycles. The van der Waals surface area contributed by atoms with Gasteiger partial charge in [-0.1, -0.05) is 43.0 Å². The number of carbonyl (C=O) groups excluding carboxylic acids is 1. The van der Waals surface area contributed by atoms with Crippen molar-refractivity contribution in [3.63, 3.8) is 0 Å². The van der Waals surface area contributed by atoms with Crippen molar-refractivity contribution >= 4 is 27.4 Å². The van der Waals surface area contributed by atoms with E-state index in [1.54, 1.807) is 0 Å². The number of ketones is 1. The van der Waals surface area contributed by atoms with Crippen LogP contribution in [0, 0.1) is 5.92 Å². The molecule has 0 spiro atoms. The number of sulfone groups is 1. The fourth-order valence-corrected chi connectivity index (χ4v) is 5.77. The van der Waals surface area contributed by atoms with Gasteiger partial charge in [0, 0.05) is 19.0 Å². The number of carbonyl (C=O) groups is 1. The molecule has 0 saturated carbocycles. The summed E-state index contributed by atoms with van der Waals surface area (Å²) in [5, 5.41) is 9.03. The van der Waals surface area contributed by atoms with Gasteiger partial charge in [-0.05, 0) is 24.3 Å². The third-order valence-corrected chi connectivity index (χ3v) is 7.60. The SMILES string of the molecule is CCc1ccc(C(=O)CSc2nnc(CC3CCS(=O)(=O)C3)n2C)cc1. The molecule has 0 N–H and O–H groups in total. The summed E-state index contributed by atoms with van der Waals surface area (Å²) in [4.78, 5) is 12.3.